The van der Waals surface area contributed by atoms with E-state index in [1.807, 2.05) is 18.6 Å². The molecule has 15 heavy (non-hydrogen) atoms. The van der Waals surface area contributed by atoms with E-state index in [-0.39, 0.29) is 5.82 Å². The third-order valence-electron chi connectivity index (χ3n) is 2.06. The van der Waals surface area contributed by atoms with Crippen molar-refractivity contribution in [3.05, 3.63) is 66.0 Å². The Hall–Kier alpha value is -1.90. The van der Waals surface area contributed by atoms with Crippen LogP contribution in [0.3, 0.4) is 0 Å². The summed E-state index contributed by atoms with van der Waals surface area (Å²) in [6.07, 6.45) is 3.50. The third kappa shape index (κ3) is 2.31. The Kier molecular flexibility index (Phi) is 2.63. The first kappa shape index (κ1) is 9.65. The molecule has 1 radical (unpaired) electrons. The standard InChI is InChI=1S/C12H10FN2/c13-11-5-3-9(4-6-11)8-10-2-1-7-15-12(10)14/h1-8H,(H2,14,15). The number of hydrogen-bond donors (Lipinski definition) is 1. The van der Waals surface area contributed by atoms with Crippen LogP contribution in [0.1, 0.15) is 11.1 Å². The van der Waals surface area contributed by atoms with E-state index >= 15 is 0 Å². The van der Waals surface area contributed by atoms with E-state index in [0.717, 1.165) is 11.1 Å². The maximum Gasteiger partial charge on any atom is 0.127 e. The highest BCUT2D eigenvalue weighted by Gasteiger charge is 2.01. The minimum absolute atomic E-state index is 0.244. The molecule has 3 heteroatoms. The van der Waals surface area contributed by atoms with Crippen molar-refractivity contribution in [2.75, 3.05) is 5.73 Å². The largest absolute Gasteiger partial charge is 0.383 e. The molecule has 2 N–H and O–H groups in total. The molecular weight excluding hydrogens is 191 g/mol. The molecule has 0 saturated carbocycles. The van der Waals surface area contributed by atoms with Gasteiger partial charge in [0.15, 0.2) is 0 Å². The van der Waals surface area contributed by atoms with Gasteiger partial charge in [0, 0.05) is 18.2 Å². The minimum atomic E-state index is -0.244. The Balaban J connectivity index is 2.22. The van der Waals surface area contributed by atoms with Gasteiger partial charge < -0.3 is 5.73 Å². The van der Waals surface area contributed by atoms with Crippen molar-refractivity contribution in [2.45, 2.75) is 0 Å². The van der Waals surface area contributed by atoms with Crippen molar-refractivity contribution in [3.8, 4) is 0 Å². The van der Waals surface area contributed by atoms with Gasteiger partial charge in [0.1, 0.15) is 11.6 Å². The van der Waals surface area contributed by atoms with Crippen molar-refractivity contribution >= 4 is 5.82 Å². The van der Waals surface area contributed by atoms with Crippen LogP contribution < -0.4 is 5.73 Å². The van der Waals surface area contributed by atoms with Crippen LogP contribution in [0.4, 0.5) is 10.2 Å². The Morgan fingerprint density at radius 3 is 2.53 bits per heavy atom. The molecule has 1 heterocycles. The number of rotatable bonds is 2. The van der Waals surface area contributed by atoms with E-state index in [1.165, 1.54) is 12.1 Å². The highest BCUT2D eigenvalue weighted by Crippen LogP contribution is 2.15. The average Bonchev–Trinajstić information content (AvgIpc) is 2.25. The predicted octanol–water partition coefficient (Wildman–Crippen LogP) is 2.40. The molecule has 0 amide bonds. The number of hydrogen-bond acceptors (Lipinski definition) is 2. The molecule has 0 atom stereocenters. The molecule has 1 aromatic carbocycles. The van der Waals surface area contributed by atoms with Crippen molar-refractivity contribution in [2.24, 2.45) is 0 Å². The fraction of sp³-hybridized carbons (Fsp3) is 0. The van der Waals surface area contributed by atoms with Gasteiger partial charge in [-0.2, -0.15) is 0 Å². The highest BCUT2D eigenvalue weighted by molar-refractivity contribution is 5.49. The third-order valence-corrected chi connectivity index (χ3v) is 2.06. The number of halogens is 1. The summed E-state index contributed by atoms with van der Waals surface area (Å²) in [4.78, 5) is 3.97. The zero-order valence-electron chi connectivity index (χ0n) is 8.02. The van der Waals surface area contributed by atoms with Gasteiger partial charge in [-0.05, 0) is 23.8 Å². The minimum Gasteiger partial charge on any atom is -0.383 e. The van der Waals surface area contributed by atoms with Gasteiger partial charge >= 0.3 is 0 Å². The molecule has 0 spiro atoms. The van der Waals surface area contributed by atoms with Gasteiger partial charge in [0.05, 0.1) is 0 Å². The number of nitrogens with zero attached hydrogens (tertiary/aromatic N) is 1. The topological polar surface area (TPSA) is 38.9 Å². The molecule has 0 aliphatic carbocycles. The van der Waals surface area contributed by atoms with Gasteiger partial charge in [-0.1, -0.05) is 18.2 Å². The van der Waals surface area contributed by atoms with E-state index in [1.54, 1.807) is 18.3 Å². The van der Waals surface area contributed by atoms with Gasteiger partial charge in [-0.25, -0.2) is 9.37 Å². The molecule has 0 bridgehead atoms. The molecule has 0 unspecified atom stereocenters. The summed E-state index contributed by atoms with van der Waals surface area (Å²) in [6.45, 7) is 0. The summed E-state index contributed by atoms with van der Waals surface area (Å²) >= 11 is 0. The number of nitrogens with two attached hydrogens (primary N) is 1. The summed E-state index contributed by atoms with van der Waals surface area (Å²) in [5.74, 6) is 0.230. The van der Waals surface area contributed by atoms with E-state index in [4.69, 9.17) is 5.73 Å². The van der Waals surface area contributed by atoms with E-state index in [9.17, 15) is 4.39 Å². The number of anilines is 1. The first-order valence-corrected chi connectivity index (χ1v) is 4.56. The molecular formula is C12H10FN2. The molecule has 0 fully saturated rings. The Morgan fingerprint density at radius 1 is 1.13 bits per heavy atom. The first-order chi connectivity index (χ1) is 7.25. The van der Waals surface area contributed by atoms with Crippen molar-refractivity contribution < 1.29 is 4.39 Å². The average molecular weight is 201 g/mol. The fourth-order valence-electron chi connectivity index (χ4n) is 1.29. The maximum atomic E-state index is 12.7. The van der Waals surface area contributed by atoms with E-state index in [0.29, 0.717) is 5.82 Å². The Morgan fingerprint density at radius 2 is 1.87 bits per heavy atom. The van der Waals surface area contributed by atoms with Crippen LogP contribution in [0.15, 0.2) is 42.6 Å². The van der Waals surface area contributed by atoms with Crippen LogP contribution in [0.5, 0.6) is 0 Å². The highest BCUT2D eigenvalue weighted by atomic mass is 19.1. The van der Waals surface area contributed by atoms with Crippen LogP contribution in [0, 0.1) is 12.2 Å². The van der Waals surface area contributed by atoms with Crippen LogP contribution in [0.25, 0.3) is 0 Å². The first-order valence-electron chi connectivity index (χ1n) is 4.56. The molecule has 0 aliphatic heterocycles. The summed E-state index contributed by atoms with van der Waals surface area (Å²) in [7, 11) is 0. The normalized spacial score (nSPS) is 10.2. The Labute approximate surface area is 87.6 Å². The second-order valence-electron chi connectivity index (χ2n) is 3.17. The summed E-state index contributed by atoms with van der Waals surface area (Å²) in [5.41, 5.74) is 7.42. The molecule has 2 rings (SSSR count). The lowest BCUT2D eigenvalue weighted by Crippen LogP contribution is -1.96. The van der Waals surface area contributed by atoms with Gasteiger partial charge in [0.25, 0.3) is 0 Å². The fourth-order valence-corrected chi connectivity index (χ4v) is 1.29. The number of pyridine rings is 1. The SMILES string of the molecule is Nc1ncccc1[CH]c1ccc(F)cc1. The van der Waals surface area contributed by atoms with Crippen molar-refractivity contribution in [3.63, 3.8) is 0 Å². The van der Waals surface area contributed by atoms with Crippen LogP contribution >= 0.6 is 0 Å². The molecule has 1 aromatic heterocycles. The molecule has 0 saturated heterocycles. The Bertz CT molecular complexity index is 451. The second-order valence-corrected chi connectivity index (χ2v) is 3.17. The zero-order valence-corrected chi connectivity index (χ0v) is 8.02. The molecule has 2 aromatic rings. The van der Waals surface area contributed by atoms with Crippen LogP contribution in [-0.2, 0) is 0 Å². The van der Waals surface area contributed by atoms with Crippen LogP contribution in [-0.4, -0.2) is 4.98 Å². The van der Waals surface area contributed by atoms with Gasteiger partial charge in [-0.15, -0.1) is 0 Å². The van der Waals surface area contributed by atoms with Gasteiger partial charge in [0.2, 0.25) is 0 Å². The van der Waals surface area contributed by atoms with Crippen molar-refractivity contribution in [1.82, 2.24) is 4.98 Å². The number of aromatic nitrogens is 1. The quantitative estimate of drug-likeness (QED) is 0.810. The summed E-state index contributed by atoms with van der Waals surface area (Å²) in [6, 6.07) is 9.90. The smallest absolute Gasteiger partial charge is 0.127 e. The molecule has 75 valence electrons. The zero-order chi connectivity index (χ0) is 10.7. The summed E-state index contributed by atoms with van der Waals surface area (Å²) in [5, 5.41) is 0. The van der Waals surface area contributed by atoms with Crippen LogP contribution in [0.2, 0.25) is 0 Å². The number of nitrogen functional groups attached to an aromatic ring is 1. The number of benzene rings is 1. The predicted molar refractivity (Wildman–Crippen MR) is 57.6 cm³/mol. The summed E-state index contributed by atoms with van der Waals surface area (Å²) < 4.78 is 12.7. The maximum absolute atomic E-state index is 12.7. The second kappa shape index (κ2) is 4.09. The lowest BCUT2D eigenvalue weighted by Gasteiger charge is -2.03. The van der Waals surface area contributed by atoms with E-state index in [2.05, 4.69) is 4.98 Å². The van der Waals surface area contributed by atoms with E-state index < -0.39 is 0 Å². The molecule has 2 nitrogen and oxygen atoms in total. The van der Waals surface area contributed by atoms with Gasteiger partial charge in [-0.3, -0.25) is 0 Å². The monoisotopic (exact) mass is 201 g/mol. The lowest BCUT2D eigenvalue weighted by atomic mass is 10.1. The lowest BCUT2D eigenvalue weighted by molar-refractivity contribution is 0.627. The molecule has 0 aliphatic rings. The van der Waals surface area contributed by atoms with Crippen molar-refractivity contribution in [1.29, 1.82) is 0 Å².